The SMILES string of the molecule is [C-]#[N+]c1cc(F)cc(Oc2ccc3c4c2[C@@H](F)[C@@H](F)[C@]4(O)C(F)(F)C3(F)F)c1. The van der Waals surface area contributed by atoms with Crippen LogP contribution in [0.4, 0.5) is 36.4 Å². The molecule has 0 heterocycles. The van der Waals surface area contributed by atoms with Crippen molar-refractivity contribution < 1.29 is 40.6 Å². The molecule has 2 aromatic carbocycles. The zero-order valence-corrected chi connectivity index (χ0v) is 13.5. The Balaban J connectivity index is 1.92. The fourth-order valence-corrected chi connectivity index (χ4v) is 3.67. The minimum absolute atomic E-state index is 0.206. The van der Waals surface area contributed by atoms with Crippen LogP contribution in [0.5, 0.6) is 11.5 Å². The molecule has 0 amide bonds. The van der Waals surface area contributed by atoms with Crippen molar-refractivity contribution in [2.75, 3.05) is 0 Å². The lowest BCUT2D eigenvalue weighted by molar-refractivity contribution is -0.302. The van der Waals surface area contributed by atoms with E-state index in [0.29, 0.717) is 12.1 Å². The van der Waals surface area contributed by atoms with E-state index >= 15 is 0 Å². The number of hydrogen-bond acceptors (Lipinski definition) is 2. The van der Waals surface area contributed by atoms with E-state index in [4.69, 9.17) is 11.3 Å². The Hall–Kier alpha value is -2.80. The lowest BCUT2D eigenvalue weighted by atomic mass is 9.93. The van der Waals surface area contributed by atoms with Gasteiger partial charge in [0.05, 0.1) is 6.57 Å². The van der Waals surface area contributed by atoms with Gasteiger partial charge >= 0.3 is 11.8 Å². The van der Waals surface area contributed by atoms with E-state index in [1.165, 1.54) is 0 Å². The Kier molecular flexibility index (Phi) is 3.57. The molecular weight excluding hydrogens is 395 g/mol. The molecule has 0 saturated carbocycles. The predicted octanol–water partition coefficient (Wildman–Crippen LogP) is 5.46. The molecule has 0 bridgehead atoms. The highest BCUT2D eigenvalue weighted by Gasteiger charge is 2.82. The van der Waals surface area contributed by atoms with E-state index in [9.17, 15) is 35.8 Å². The molecule has 2 aliphatic rings. The van der Waals surface area contributed by atoms with Crippen molar-refractivity contribution >= 4 is 5.69 Å². The second-order valence-corrected chi connectivity index (χ2v) is 6.48. The molecule has 28 heavy (non-hydrogen) atoms. The van der Waals surface area contributed by atoms with Crippen LogP contribution in [0.3, 0.4) is 0 Å². The second kappa shape index (κ2) is 5.38. The summed E-state index contributed by atoms with van der Waals surface area (Å²) in [6, 6.07) is 3.84. The van der Waals surface area contributed by atoms with Crippen LogP contribution < -0.4 is 4.74 Å². The Bertz CT molecular complexity index is 1050. The first kappa shape index (κ1) is 18.6. The molecule has 0 fully saturated rings. The highest BCUT2D eigenvalue weighted by atomic mass is 19.3. The molecule has 0 saturated heterocycles. The van der Waals surface area contributed by atoms with Crippen LogP contribution in [0.2, 0.25) is 0 Å². The largest absolute Gasteiger partial charge is 0.458 e. The van der Waals surface area contributed by atoms with Crippen LogP contribution in [0, 0.1) is 12.4 Å². The van der Waals surface area contributed by atoms with Crippen molar-refractivity contribution in [1.82, 2.24) is 0 Å². The van der Waals surface area contributed by atoms with Crippen molar-refractivity contribution in [1.29, 1.82) is 0 Å². The van der Waals surface area contributed by atoms with Crippen LogP contribution >= 0.6 is 0 Å². The number of ether oxygens (including phenoxy) is 1. The maximum absolute atomic E-state index is 14.5. The summed E-state index contributed by atoms with van der Waals surface area (Å²) in [6.07, 6.45) is -6.26. The highest BCUT2D eigenvalue weighted by Crippen LogP contribution is 2.69. The molecule has 0 spiro atoms. The number of nitrogens with zero attached hydrogens (tertiary/aromatic N) is 1. The van der Waals surface area contributed by atoms with E-state index in [-0.39, 0.29) is 11.4 Å². The van der Waals surface area contributed by atoms with E-state index in [1.807, 2.05) is 0 Å². The van der Waals surface area contributed by atoms with Crippen molar-refractivity contribution in [3.63, 3.8) is 0 Å². The molecule has 3 nitrogen and oxygen atoms in total. The molecule has 146 valence electrons. The predicted molar refractivity (Wildman–Crippen MR) is 80.7 cm³/mol. The summed E-state index contributed by atoms with van der Waals surface area (Å²) in [4.78, 5) is 2.98. The average molecular weight is 403 g/mol. The molecule has 0 radical (unpaired) electrons. The lowest BCUT2D eigenvalue weighted by Crippen LogP contribution is -2.53. The smallest absolute Gasteiger partial charge is 0.349 e. The monoisotopic (exact) mass is 403 g/mol. The van der Waals surface area contributed by atoms with Gasteiger partial charge in [0, 0.05) is 22.8 Å². The number of aliphatic hydroxyl groups is 1. The summed E-state index contributed by atoms with van der Waals surface area (Å²) < 4.78 is 104. The van der Waals surface area contributed by atoms with Crippen LogP contribution in [0.25, 0.3) is 4.85 Å². The minimum atomic E-state index is -5.30. The van der Waals surface area contributed by atoms with Gasteiger partial charge in [0.15, 0.2) is 23.6 Å². The normalized spacial score (nSPS) is 28.7. The van der Waals surface area contributed by atoms with Gasteiger partial charge in [-0.05, 0) is 24.3 Å². The maximum atomic E-state index is 14.5. The van der Waals surface area contributed by atoms with Crippen LogP contribution in [-0.4, -0.2) is 17.2 Å². The van der Waals surface area contributed by atoms with Crippen LogP contribution in [0.1, 0.15) is 22.9 Å². The van der Waals surface area contributed by atoms with Crippen molar-refractivity contribution in [3.8, 4) is 11.5 Å². The molecular formula is C18H8F7NO2. The fourth-order valence-electron chi connectivity index (χ4n) is 3.67. The molecule has 3 atom stereocenters. The zero-order chi connectivity index (χ0) is 20.6. The summed E-state index contributed by atoms with van der Waals surface area (Å²) in [5.74, 6) is -12.2. The van der Waals surface area contributed by atoms with E-state index in [0.717, 1.165) is 18.2 Å². The minimum Gasteiger partial charge on any atom is -0.458 e. The van der Waals surface area contributed by atoms with E-state index in [2.05, 4.69) is 4.85 Å². The first-order chi connectivity index (χ1) is 13.0. The molecule has 1 N–H and O–H groups in total. The average Bonchev–Trinajstić information content (AvgIpc) is 2.90. The van der Waals surface area contributed by atoms with Crippen molar-refractivity contribution in [2.24, 2.45) is 0 Å². The third-order valence-electron chi connectivity index (χ3n) is 4.94. The van der Waals surface area contributed by atoms with Gasteiger partial charge in [0.1, 0.15) is 17.3 Å². The number of alkyl halides is 6. The van der Waals surface area contributed by atoms with Crippen LogP contribution in [0.15, 0.2) is 30.3 Å². The Morgan fingerprint density at radius 3 is 2.39 bits per heavy atom. The van der Waals surface area contributed by atoms with Gasteiger partial charge in [-0.25, -0.2) is 18.0 Å². The quantitative estimate of drug-likeness (QED) is 0.534. The zero-order valence-electron chi connectivity index (χ0n) is 13.5. The summed E-state index contributed by atoms with van der Waals surface area (Å²) in [6.45, 7) is 6.87. The third-order valence-corrected chi connectivity index (χ3v) is 4.94. The molecule has 0 unspecified atom stereocenters. The van der Waals surface area contributed by atoms with Crippen LogP contribution in [-0.2, 0) is 11.5 Å². The first-order valence-corrected chi connectivity index (χ1v) is 7.76. The van der Waals surface area contributed by atoms with Gasteiger partial charge in [0.25, 0.3) is 0 Å². The van der Waals surface area contributed by atoms with Gasteiger partial charge in [0.2, 0.25) is 0 Å². The molecule has 10 heteroatoms. The summed E-state index contributed by atoms with van der Waals surface area (Å²) >= 11 is 0. The van der Waals surface area contributed by atoms with Gasteiger partial charge in [-0.15, -0.1) is 0 Å². The van der Waals surface area contributed by atoms with E-state index < -0.39 is 58.0 Å². The summed E-state index contributed by atoms with van der Waals surface area (Å²) in [7, 11) is 0. The maximum Gasteiger partial charge on any atom is 0.349 e. The van der Waals surface area contributed by atoms with E-state index in [1.54, 1.807) is 0 Å². The highest BCUT2D eigenvalue weighted by molar-refractivity contribution is 5.62. The molecule has 4 rings (SSSR count). The Labute approximate surface area is 152 Å². The van der Waals surface area contributed by atoms with Crippen molar-refractivity contribution in [2.45, 2.75) is 29.8 Å². The topological polar surface area (TPSA) is 33.8 Å². The number of hydrogen-bond donors (Lipinski definition) is 1. The van der Waals surface area contributed by atoms with Gasteiger partial charge < -0.3 is 9.84 Å². The first-order valence-electron chi connectivity index (χ1n) is 7.76. The Morgan fingerprint density at radius 1 is 1.07 bits per heavy atom. The number of rotatable bonds is 2. The number of halogens is 7. The van der Waals surface area contributed by atoms with Gasteiger partial charge in [-0.3, -0.25) is 0 Å². The fraction of sp³-hybridized carbons (Fsp3) is 0.278. The molecule has 0 aliphatic heterocycles. The Morgan fingerprint density at radius 2 is 1.75 bits per heavy atom. The molecule has 0 aromatic heterocycles. The third kappa shape index (κ3) is 1.97. The van der Waals surface area contributed by atoms with Gasteiger partial charge in [-0.1, -0.05) is 0 Å². The molecule has 2 aliphatic carbocycles. The lowest BCUT2D eigenvalue weighted by Gasteiger charge is -2.32. The summed E-state index contributed by atoms with van der Waals surface area (Å²) in [5.41, 5.74) is -7.97. The number of benzene rings is 2. The second-order valence-electron chi connectivity index (χ2n) is 6.48. The standard InChI is InChI=1S/C18H8F7NO2/c1-26-8-4-7(19)5-9(6-8)28-11-3-2-10-13-12(11)14(20)15(21)16(13,27)18(24,25)17(10,22)23/h2-6,14-15,27H/t14-,15-,16+/m1/s1. The van der Waals surface area contributed by atoms with Gasteiger partial charge in [-0.2, -0.15) is 17.6 Å². The molecule has 2 aromatic rings. The van der Waals surface area contributed by atoms with Crippen molar-refractivity contribution in [3.05, 3.63) is 64.3 Å². The summed E-state index contributed by atoms with van der Waals surface area (Å²) in [5, 5.41) is 10.1.